The highest BCUT2D eigenvalue weighted by Crippen LogP contribution is 2.35. The maximum absolute atomic E-state index is 13.3. The molecular formula is C8H14FNO2. The summed E-state index contributed by atoms with van der Waals surface area (Å²) in [5.74, 6) is -0.574. The van der Waals surface area contributed by atoms with Gasteiger partial charge in [-0.3, -0.25) is 4.79 Å². The van der Waals surface area contributed by atoms with E-state index < -0.39 is 17.7 Å². The minimum Gasteiger partial charge on any atom is -0.392 e. The largest absolute Gasteiger partial charge is 0.392 e. The number of rotatable bonds is 3. The Hall–Kier alpha value is -0.640. The van der Waals surface area contributed by atoms with Crippen LogP contribution in [-0.4, -0.2) is 29.3 Å². The van der Waals surface area contributed by atoms with Crippen molar-refractivity contribution in [2.45, 2.75) is 38.0 Å². The van der Waals surface area contributed by atoms with Gasteiger partial charge >= 0.3 is 0 Å². The molecule has 1 aliphatic rings. The van der Waals surface area contributed by atoms with Crippen LogP contribution in [0.3, 0.4) is 0 Å². The minimum atomic E-state index is -1.64. The molecule has 2 N–H and O–H groups in total. The van der Waals surface area contributed by atoms with Gasteiger partial charge in [0.1, 0.15) is 0 Å². The molecule has 1 aliphatic carbocycles. The van der Waals surface area contributed by atoms with E-state index in [0.717, 1.165) is 6.42 Å². The maximum atomic E-state index is 13.3. The monoisotopic (exact) mass is 175 g/mol. The Morgan fingerprint density at radius 3 is 2.67 bits per heavy atom. The van der Waals surface area contributed by atoms with E-state index in [0.29, 0.717) is 12.8 Å². The standard InChI is InChI=1S/C8H14FNO2/c1-6(11)5-10-7(12)8(9)3-2-4-8/h6,11H,2-5H2,1H3,(H,10,12). The van der Waals surface area contributed by atoms with E-state index in [2.05, 4.69) is 5.32 Å². The third kappa shape index (κ3) is 1.94. The van der Waals surface area contributed by atoms with E-state index in [4.69, 9.17) is 5.11 Å². The summed E-state index contributed by atoms with van der Waals surface area (Å²) >= 11 is 0. The molecule has 70 valence electrons. The SMILES string of the molecule is CC(O)CNC(=O)C1(F)CCC1. The van der Waals surface area contributed by atoms with Gasteiger partial charge < -0.3 is 10.4 Å². The molecule has 0 heterocycles. The summed E-state index contributed by atoms with van der Waals surface area (Å²) in [5, 5.41) is 11.2. The van der Waals surface area contributed by atoms with Crippen molar-refractivity contribution in [1.29, 1.82) is 0 Å². The van der Waals surface area contributed by atoms with E-state index in [1.807, 2.05) is 0 Å². The normalized spacial score (nSPS) is 22.6. The van der Waals surface area contributed by atoms with Crippen LogP contribution in [0.15, 0.2) is 0 Å². The lowest BCUT2D eigenvalue weighted by atomic mass is 9.81. The zero-order valence-corrected chi connectivity index (χ0v) is 7.14. The Bertz CT molecular complexity index is 178. The lowest BCUT2D eigenvalue weighted by molar-refractivity contribution is -0.138. The highest BCUT2D eigenvalue weighted by Gasteiger charge is 2.44. The molecule has 0 aromatic rings. The lowest BCUT2D eigenvalue weighted by Crippen LogP contribution is -2.49. The minimum absolute atomic E-state index is 0.129. The molecule has 1 saturated carbocycles. The number of aliphatic hydroxyl groups excluding tert-OH is 1. The first kappa shape index (κ1) is 9.45. The van der Waals surface area contributed by atoms with Gasteiger partial charge in [-0.15, -0.1) is 0 Å². The molecule has 3 nitrogen and oxygen atoms in total. The Labute approximate surface area is 71.0 Å². The molecule has 0 spiro atoms. The van der Waals surface area contributed by atoms with Crippen LogP contribution in [0.5, 0.6) is 0 Å². The predicted molar refractivity (Wildman–Crippen MR) is 42.4 cm³/mol. The van der Waals surface area contributed by atoms with Crippen LogP contribution in [0.4, 0.5) is 4.39 Å². The van der Waals surface area contributed by atoms with Gasteiger partial charge in [0.25, 0.3) is 5.91 Å². The smallest absolute Gasteiger partial charge is 0.257 e. The Morgan fingerprint density at radius 1 is 1.75 bits per heavy atom. The Kier molecular flexibility index (Phi) is 2.67. The van der Waals surface area contributed by atoms with Crippen LogP contribution >= 0.6 is 0 Å². The van der Waals surface area contributed by atoms with Gasteiger partial charge in [-0.25, -0.2) is 4.39 Å². The van der Waals surface area contributed by atoms with E-state index in [1.54, 1.807) is 6.92 Å². The molecule has 0 aliphatic heterocycles. The van der Waals surface area contributed by atoms with Crippen LogP contribution in [0.25, 0.3) is 0 Å². The third-order valence-electron chi connectivity index (χ3n) is 2.11. The van der Waals surface area contributed by atoms with E-state index >= 15 is 0 Å². The van der Waals surface area contributed by atoms with Gasteiger partial charge in [0, 0.05) is 6.54 Å². The van der Waals surface area contributed by atoms with Crippen molar-refractivity contribution >= 4 is 5.91 Å². The Balaban J connectivity index is 2.28. The van der Waals surface area contributed by atoms with Gasteiger partial charge in [-0.1, -0.05) is 0 Å². The number of carbonyl (C=O) groups excluding carboxylic acids is 1. The van der Waals surface area contributed by atoms with Gasteiger partial charge in [0.2, 0.25) is 0 Å². The molecule has 0 bridgehead atoms. The summed E-state index contributed by atoms with van der Waals surface area (Å²) in [6.45, 7) is 1.68. The van der Waals surface area contributed by atoms with Gasteiger partial charge in [-0.2, -0.15) is 0 Å². The summed E-state index contributed by atoms with van der Waals surface area (Å²) in [7, 11) is 0. The van der Waals surface area contributed by atoms with Crippen molar-refractivity contribution in [3.8, 4) is 0 Å². The fourth-order valence-electron chi connectivity index (χ4n) is 1.11. The number of hydrogen-bond acceptors (Lipinski definition) is 2. The van der Waals surface area contributed by atoms with E-state index in [9.17, 15) is 9.18 Å². The average molecular weight is 175 g/mol. The summed E-state index contributed by atoms with van der Waals surface area (Å²) in [6, 6.07) is 0. The highest BCUT2D eigenvalue weighted by molar-refractivity contribution is 5.85. The van der Waals surface area contributed by atoms with Crippen molar-refractivity contribution in [1.82, 2.24) is 5.32 Å². The number of amides is 1. The number of hydrogen-bond donors (Lipinski definition) is 2. The summed E-state index contributed by atoms with van der Waals surface area (Å²) in [5.41, 5.74) is -1.64. The van der Waals surface area contributed by atoms with Crippen molar-refractivity contribution in [3.63, 3.8) is 0 Å². The molecule has 1 unspecified atom stereocenters. The highest BCUT2D eigenvalue weighted by atomic mass is 19.1. The van der Waals surface area contributed by atoms with E-state index in [-0.39, 0.29) is 6.54 Å². The maximum Gasteiger partial charge on any atom is 0.257 e. The average Bonchev–Trinajstić information content (AvgIpc) is 1.95. The molecule has 0 radical (unpaired) electrons. The third-order valence-corrected chi connectivity index (χ3v) is 2.11. The molecule has 1 rings (SSSR count). The quantitative estimate of drug-likeness (QED) is 0.651. The molecule has 0 aromatic carbocycles. The zero-order valence-electron chi connectivity index (χ0n) is 7.14. The molecule has 0 saturated heterocycles. The van der Waals surface area contributed by atoms with Crippen LogP contribution in [0.1, 0.15) is 26.2 Å². The Morgan fingerprint density at radius 2 is 2.33 bits per heavy atom. The number of carbonyl (C=O) groups is 1. The number of halogens is 1. The molecule has 1 atom stereocenters. The predicted octanol–water partition coefficient (Wildman–Crippen LogP) is 0.376. The molecule has 1 amide bonds. The second-order valence-corrected chi connectivity index (χ2v) is 3.38. The van der Waals surface area contributed by atoms with Gasteiger partial charge in [0.05, 0.1) is 6.10 Å². The molecular weight excluding hydrogens is 161 g/mol. The zero-order chi connectivity index (χ0) is 9.19. The topological polar surface area (TPSA) is 49.3 Å². The van der Waals surface area contributed by atoms with Crippen LogP contribution in [-0.2, 0) is 4.79 Å². The number of alkyl halides is 1. The summed E-state index contributed by atoms with van der Waals surface area (Å²) in [4.78, 5) is 11.1. The molecule has 0 aromatic heterocycles. The molecule has 12 heavy (non-hydrogen) atoms. The van der Waals surface area contributed by atoms with Crippen LogP contribution < -0.4 is 5.32 Å². The first-order valence-electron chi connectivity index (χ1n) is 4.20. The van der Waals surface area contributed by atoms with Crippen LogP contribution in [0.2, 0.25) is 0 Å². The summed E-state index contributed by atoms with van der Waals surface area (Å²) < 4.78 is 13.3. The van der Waals surface area contributed by atoms with Crippen LogP contribution in [0, 0.1) is 0 Å². The second-order valence-electron chi connectivity index (χ2n) is 3.38. The van der Waals surface area contributed by atoms with Crippen molar-refractivity contribution < 1.29 is 14.3 Å². The molecule has 4 heteroatoms. The van der Waals surface area contributed by atoms with Crippen molar-refractivity contribution in [2.75, 3.05) is 6.54 Å². The fraction of sp³-hybridized carbons (Fsp3) is 0.875. The van der Waals surface area contributed by atoms with E-state index in [1.165, 1.54) is 0 Å². The lowest BCUT2D eigenvalue weighted by Gasteiger charge is -2.32. The fourth-order valence-corrected chi connectivity index (χ4v) is 1.11. The van der Waals surface area contributed by atoms with Gasteiger partial charge in [-0.05, 0) is 26.2 Å². The first-order chi connectivity index (χ1) is 5.54. The van der Waals surface area contributed by atoms with Crippen molar-refractivity contribution in [3.05, 3.63) is 0 Å². The number of nitrogens with one attached hydrogen (secondary N) is 1. The van der Waals surface area contributed by atoms with Gasteiger partial charge in [0.15, 0.2) is 5.67 Å². The summed E-state index contributed by atoms with van der Waals surface area (Å²) in [6.07, 6.45) is 0.799. The second kappa shape index (κ2) is 3.39. The van der Waals surface area contributed by atoms with Crippen molar-refractivity contribution in [2.24, 2.45) is 0 Å². The first-order valence-corrected chi connectivity index (χ1v) is 4.20. The molecule has 1 fully saturated rings. The number of aliphatic hydroxyl groups is 1.